The molecule has 0 aromatic rings. The Kier molecular flexibility index (Phi) is 30.5. The van der Waals surface area contributed by atoms with E-state index in [1.165, 1.54) is 0 Å². The van der Waals surface area contributed by atoms with Crippen LogP contribution in [0.4, 0.5) is 0 Å². The van der Waals surface area contributed by atoms with Crippen LogP contribution in [0.1, 0.15) is 0 Å². The van der Waals surface area contributed by atoms with Gasteiger partial charge >= 0.3 is 29.3 Å². The molecule has 0 saturated heterocycles. The Balaban J connectivity index is -0.000000301. The van der Waals surface area contributed by atoms with E-state index in [1.807, 2.05) is 0 Å². The molecule has 0 bridgehead atoms. The predicted molar refractivity (Wildman–Crippen MR) is 80.5 cm³/mol. The van der Waals surface area contributed by atoms with Crippen LogP contribution in [-0.2, 0) is 21.9 Å². The van der Waals surface area contributed by atoms with Gasteiger partial charge in [0.25, 0.3) is 0 Å². The number of rotatable bonds is 12. The van der Waals surface area contributed by atoms with Crippen LogP contribution >= 0.6 is 0 Å². The summed E-state index contributed by atoms with van der Waals surface area (Å²) < 4.78 is 23.2. The fourth-order valence-electron chi connectivity index (χ4n) is 1.52. The first kappa shape index (κ1) is 28.9. The quantitative estimate of drug-likeness (QED) is 0.148. The summed E-state index contributed by atoms with van der Waals surface area (Å²) in [6.45, 7) is 3.51. The molecule has 0 aliphatic heterocycles. The Morgan fingerprint density at radius 1 is 0.500 bits per heavy atom. The molecule has 0 atom stereocenters. The molecule has 24 heavy (non-hydrogen) atoms. The molecule has 0 aliphatic rings. The van der Waals surface area contributed by atoms with Crippen molar-refractivity contribution < 1.29 is 60.0 Å². The molecule has 0 rings (SSSR count). The molecular weight excluding hydrogens is 364 g/mol. The molecule has 0 heterocycles. The molecule has 148 valence electrons. The van der Waals surface area contributed by atoms with Gasteiger partial charge in [-0.2, -0.15) is 0 Å². The molecule has 0 radical (unpaired) electrons. The second-order valence-corrected chi connectivity index (χ2v) is 5.19. The molecule has 11 nitrogen and oxygen atoms in total. The molecular formula is C12H32N2O9Ti. The Morgan fingerprint density at radius 3 is 0.708 bits per heavy atom. The van der Waals surface area contributed by atoms with Crippen molar-refractivity contribution in [1.29, 1.82) is 0 Å². The van der Waals surface area contributed by atoms with Gasteiger partial charge in [-0.05, 0) is 0 Å². The summed E-state index contributed by atoms with van der Waals surface area (Å²) in [5.41, 5.74) is 0. The zero-order valence-electron chi connectivity index (χ0n) is 13.9. The third-order valence-corrected chi connectivity index (χ3v) is 2.50. The van der Waals surface area contributed by atoms with E-state index < -0.39 is 18.6 Å². The van der Waals surface area contributed by atoms with Crippen molar-refractivity contribution >= 4 is 0 Å². The Morgan fingerprint density at radius 2 is 0.625 bits per heavy atom. The maximum atomic E-state index is 8.81. The van der Waals surface area contributed by atoms with Crippen molar-refractivity contribution in [2.45, 2.75) is 0 Å². The van der Waals surface area contributed by atoms with E-state index in [1.54, 1.807) is 9.80 Å². The second-order valence-electron chi connectivity index (χ2n) is 4.31. The molecule has 0 amide bonds. The Bertz CT molecular complexity index is 202. The average molecular weight is 396 g/mol. The van der Waals surface area contributed by atoms with Crippen molar-refractivity contribution in [2.75, 3.05) is 78.9 Å². The van der Waals surface area contributed by atoms with Gasteiger partial charge in [-0.15, -0.1) is 0 Å². The van der Waals surface area contributed by atoms with E-state index >= 15 is 0 Å². The summed E-state index contributed by atoms with van der Waals surface area (Å²) in [6.07, 6.45) is 0. The minimum absolute atomic E-state index is 0.0694. The van der Waals surface area contributed by atoms with Crippen LogP contribution in [0.3, 0.4) is 0 Å². The summed E-state index contributed by atoms with van der Waals surface area (Å²) in [7, 11) is 0. The van der Waals surface area contributed by atoms with Gasteiger partial charge in [0.1, 0.15) is 0 Å². The molecule has 8 N–H and O–H groups in total. The second kappa shape index (κ2) is 25.4. The summed E-state index contributed by atoms with van der Waals surface area (Å²) in [5.74, 6) is 0. The molecule has 0 aromatic carbocycles. The van der Waals surface area contributed by atoms with E-state index in [0.717, 1.165) is 0 Å². The Hall–Kier alpha value is 0.114. The summed E-state index contributed by atoms with van der Waals surface area (Å²) in [5, 5.41) is 50.9. The van der Waals surface area contributed by atoms with E-state index in [2.05, 4.69) is 0 Å². The first-order chi connectivity index (χ1) is 11.4. The van der Waals surface area contributed by atoms with Gasteiger partial charge in [0, 0.05) is 39.3 Å². The van der Waals surface area contributed by atoms with Crippen LogP contribution < -0.4 is 0 Å². The number of hydrogen-bond acceptors (Lipinski definition) is 9. The average Bonchev–Trinajstić information content (AvgIpc) is 2.49. The monoisotopic (exact) mass is 396 g/mol. The van der Waals surface area contributed by atoms with Crippen LogP contribution in [0.2, 0.25) is 0 Å². The first-order valence-electron chi connectivity index (χ1n) is 7.45. The van der Waals surface area contributed by atoms with E-state index in [-0.39, 0.29) is 39.6 Å². The van der Waals surface area contributed by atoms with Gasteiger partial charge in [-0.3, -0.25) is 9.80 Å². The normalized spacial score (nSPS) is 10.1. The van der Waals surface area contributed by atoms with E-state index in [0.29, 0.717) is 39.3 Å². The van der Waals surface area contributed by atoms with E-state index in [4.69, 9.17) is 41.3 Å². The topological polar surface area (TPSA) is 185 Å². The first-order valence-corrected chi connectivity index (χ1v) is 9.48. The number of nitrogens with zero attached hydrogens (tertiary/aromatic N) is 2. The van der Waals surface area contributed by atoms with Crippen molar-refractivity contribution in [1.82, 2.24) is 9.80 Å². The third kappa shape index (κ3) is 30.0. The van der Waals surface area contributed by atoms with Gasteiger partial charge in [0.15, 0.2) is 0 Å². The fourth-order valence-corrected chi connectivity index (χ4v) is 1.52. The number of aliphatic hydroxyl groups excluding tert-OH is 6. The standard InChI is InChI=1S/2C6H15NO3.2H2O.O.Ti/c2*8-4-1-7(2-5-9)3-6-10;;;;/h2*8-10H,1-6H2;2*1H2;;/q;;;;;+2/p-2. The van der Waals surface area contributed by atoms with Crippen LogP contribution in [0.15, 0.2) is 0 Å². The maximum absolute atomic E-state index is 8.81. The fraction of sp³-hybridized carbons (Fsp3) is 1.00. The molecule has 0 aromatic heterocycles. The van der Waals surface area contributed by atoms with Crippen LogP contribution in [-0.4, -0.2) is 127 Å². The van der Waals surface area contributed by atoms with Crippen molar-refractivity contribution in [3.8, 4) is 0 Å². The van der Waals surface area contributed by atoms with Gasteiger partial charge in [-0.25, -0.2) is 0 Å². The van der Waals surface area contributed by atoms with Crippen molar-refractivity contribution in [3.05, 3.63) is 0 Å². The van der Waals surface area contributed by atoms with Crippen LogP contribution in [0, 0.1) is 0 Å². The molecule has 0 spiro atoms. The zero-order chi connectivity index (χ0) is 19.2. The molecule has 12 heteroatoms. The van der Waals surface area contributed by atoms with Crippen LogP contribution in [0.5, 0.6) is 0 Å². The van der Waals surface area contributed by atoms with Crippen LogP contribution in [0.25, 0.3) is 0 Å². The molecule has 0 fully saturated rings. The predicted octanol–water partition coefficient (Wildman–Crippen LogP) is -4.70. The minimum atomic E-state index is -3.58. The summed E-state index contributed by atoms with van der Waals surface area (Å²) in [4.78, 5) is 3.58. The molecule has 0 saturated carbocycles. The SMILES string of the molecule is OCCN(CCO)CCO.OCCN(CCO)CCO.[O]=[Ti]([OH])[OH]. The Labute approximate surface area is 149 Å². The molecule has 0 unspecified atom stereocenters. The molecule has 0 aliphatic carbocycles. The van der Waals surface area contributed by atoms with Gasteiger partial charge in [-0.1, -0.05) is 0 Å². The summed E-state index contributed by atoms with van der Waals surface area (Å²) in [6, 6.07) is 0. The third-order valence-electron chi connectivity index (χ3n) is 2.50. The van der Waals surface area contributed by atoms with Crippen molar-refractivity contribution in [3.63, 3.8) is 0 Å². The summed E-state index contributed by atoms with van der Waals surface area (Å²) >= 11 is -3.58. The van der Waals surface area contributed by atoms with Crippen molar-refractivity contribution in [2.24, 2.45) is 0 Å². The number of aliphatic hydroxyl groups is 6. The zero-order valence-corrected chi connectivity index (χ0v) is 15.4. The van der Waals surface area contributed by atoms with Gasteiger partial charge in [0.05, 0.1) is 39.6 Å². The van der Waals surface area contributed by atoms with E-state index in [9.17, 15) is 0 Å². The van der Waals surface area contributed by atoms with Gasteiger partial charge < -0.3 is 30.6 Å². The number of hydrogen-bond donors (Lipinski definition) is 8. The van der Waals surface area contributed by atoms with Gasteiger partial charge in [0.2, 0.25) is 0 Å².